The molecule has 0 aliphatic carbocycles. The average Bonchev–Trinajstić information content (AvgIpc) is 3.12. The number of hydrogen-bond acceptors (Lipinski definition) is 4. The summed E-state index contributed by atoms with van der Waals surface area (Å²) in [7, 11) is -3.07. The van der Waals surface area contributed by atoms with Crippen LogP contribution in [0.15, 0.2) is 36.4 Å². The van der Waals surface area contributed by atoms with Crippen molar-refractivity contribution < 1.29 is 26.4 Å². The van der Waals surface area contributed by atoms with Gasteiger partial charge in [-0.2, -0.15) is 13.2 Å². The summed E-state index contributed by atoms with van der Waals surface area (Å²) in [5, 5.41) is 2.96. The third kappa shape index (κ3) is 4.68. The van der Waals surface area contributed by atoms with Crippen LogP contribution < -0.4 is 10.2 Å². The Labute approximate surface area is 199 Å². The van der Waals surface area contributed by atoms with E-state index >= 15 is 0 Å². The molecule has 2 aromatic rings. The minimum absolute atomic E-state index is 0.0261. The maximum Gasteiger partial charge on any atom is 0.400 e. The number of rotatable bonds is 4. The van der Waals surface area contributed by atoms with Crippen LogP contribution in [0.4, 0.5) is 18.9 Å². The Morgan fingerprint density at radius 3 is 2.30 bits per heavy atom. The van der Waals surface area contributed by atoms with Crippen molar-refractivity contribution in [3.63, 3.8) is 0 Å². The van der Waals surface area contributed by atoms with Crippen LogP contribution in [0.25, 0.3) is 0 Å². The average molecular weight is 521 g/mol. The summed E-state index contributed by atoms with van der Waals surface area (Å²) in [5.74, 6) is -0.577. The van der Waals surface area contributed by atoms with Gasteiger partial charge in [0.2, 0.25) is 0 Å². The van der Waals surface area contributed by atoms with Crippen molar-refractivity contribution >= 4 is 44.6 Å². The van der Waals surface area contributed by atoms with Gasteiger partial charge in [0, 0.05) is 34.4 Å². The molecule has 2 aliphatic rings. The number of alkyl halides is 3. The van der Waals surface area contributed by atoms with Crippen molar-refractivity contribution in [3.05, 3.63) is 63.1 Å². The highest BCUT2D eigenvalue weighted by Gasteiger charge is 2.59. The lowest BCUT2D eigenvalue weighted by atomic mass is 9.79. The van der Waals surface area contributed by atoms with Gasteiger partial charge in [0.25, 0.3) is 5.91 Å². The number of anilines is 1. The Morgan fingerprint density at radius 1 is 1.12 bits per heavy atom. The maximum absolute atomic E-state index is 14.3. The number of halogens is 5. The number of sulfone groups is 1. The minimum atomic E-state index is -4.52. The van der Waals surface area contributed by atoms with Crippen LogP contribution in [0.2, 0.25) is 10.0 Å². The molecular formula is C22H21Cl2F3N2O3S. The fourth-order valence-corrected chi connectivity index (χ4v) is 6.32. The van der Waals surface area contributed by atoms with Gasteiger partial charge < -0.3 is 10.2 Å². The molecule has 0 spiro atoms. The number of aryl methyl sites for hydroxylation is 1. The topological polar surface area (TPSA) is 66.5 Å². The van der Waals surface area contributed by atoms with E-state index in [1.54, 1.807) is 30.0 Å². The molecule has 0 saturated carbocycles. The predicted molar refractivity (Wildman–Crippen MR) is 122 cm³/mol. The van der Waals surface area contributed by atoms with E-state index in [2.05, 4.69) is 5.32 Å². The van der Waals surface area contributed by atoms with Crippen LogP contribution in [0, 0.1) is 6.92 Å². The van der Waals surface area contributed by atoms with E-state index in [1.807, 2.05) is 0 Å². The molecule has 4 rings (SSSR count). The van der Waals surface area contributed by atoms with Crippen molar-refractivity contribution in [2.45, 2.75) is 31.0 Å². The second-order valence-electron chi connectivity index (χ2n) is 8.66. The first-order valence-electron chi connectivity index (χ1n) is 10.2. The van der Waals surface area contributed by atoms with Crippen molar-refractivity contribution in [1.29, 1.82) is 0 Å². The quantitative estimate of drug-likeness (QED) is 0.642. The van der Waals surface area contributed by atoms with Gasteiger partial charge in [-0.3, -0.25) is 4.79 Å². The number of carbonyl (C=O) groups excluding carboxylic acids is 1. The number of benzene rings is 2. The molecule has 33 heavy (non-hydrogen) atoms. The minimum Gasteiger partial charge on any atom is -0.370 e. The number of nitrogens with one attached hydrogen (secondary N) is 1. The van der Waals surface area contributed by atoms with Gasteiger partial charge >= 0.3 is 6.18 Å². The van der Waals surface area contributed by atoms with Gasteiger partial charge in [-0.1, -0.05) is 23.2 Å². The first kappa shape index (κ1) is 24.2. The van der Waals surface area contributed by atoms with E-state index in [-0.39, 0.29) is 46.6 Å². The molecule has 0 aromatic heterocycles. The molecule has 2 aromatic carbocycles. The van der Waals surface area contributed by atoms with Gasteiger partial charge in [0.05, 0.1) is 17.5 Å². The lowest BCUT2D eigenvalue weighted by Crippen LogP contribution is -2.53. The van der Waals surface area contributed by atoms with E-state index in [0.29, 0.717) is 16.8 Å². The number of nitrogens with zero attached hydrogens (tertiary/aromatic N) is 1. The maximum atomic E-state index is 14.3. The molecule has 5 nitrogen and oxygen atoms in total. The Balaban J connectivity index is 1.56. The van der Waals surface area contributed by atoms with Crippen molar-refractivity contribution in [3.8, 4) is 0 Å². The number of amides is 1. The molecule has 178 valence electrons. The third-order valence-corrected chi connectivity index (χ3v) is 8.55. The zero-order chi connectivity index (χ0) is 24.2. The third-order valence-electron chi connectivity index (χ3n) is 6.29. The molecule has 1 N–H and O–H groups in total. The predicted octanol–water partition coefficient (Wildman–Crippen LogP) is 4.54. The van der Waals surface area contributed by atoms with Crippen LogP contribution in [-0.4, -0.2) is 51.1 Å². The van der Waals surface area contributed by atoms with Crippen LogP contribution in [-0.2, 0) is 15.3 Å². The largest absolute Gasteiger partial charge is 0.400 e. The van der Waals surface area contributed by atoms with Crippen LogP contribution in [0.3, 0.4) is 0 Å². The normalized spacial score (nSPS) is 22.8. The Bertz CT molecular complexity index is 1190. The van der Waals surface area contributed by atoms with E-state index in [9.17, 15) is 26.4 Å². The van der Waals surface area contributed by atoms with E-state index in [4.69, 9.17) is 23.2 Å². The molecule has 2 saturated heterocycles. The van der Waals surface area contributed by atoms with E-state index < -0.39 is 33.4 Å². The van der Waals surface area contributed by atoms with Crippen LogP contribution in [0.1, 0.15) is 27.9 Å². The highest BCUT2D eigenvalue weighted by atomic mass is 35.5. The van der Waals surface area contributed by atoms with Crippen LogP contribution >= 0.6 is 23.2 Å². The lowest BCUT2D eigenvalue weighted by molar-refractivity contribution is -0.184. The van der Waals surface area contributed by atoms with Gasteiger partial charge in [-0.25, -0.2) is 8.42 Å². The number of carbonyl (C=O) groups is 1. The molecule has 11 heteroatoms. The zero-order valence-corrected chi connectivity index (χ0v) is 19.9. The van der Waals surface area contributed by atoms with E-state index in [0.717, 1.165) is 0 Å². The fraction of sp³-hybridized carbons (Fsp3) is 0.409. The van der Waals surface area contributed by atoms with Gasteiger partial charge in [0.15, 0.2) is 9.84 Å². The number of hydrogen-bond donors (Lipinski definition) is 1. The van der Waals surface area contributed by atoms with Gasteiger partial charge in [0.1, 0.15) is 5.41 Å². The fourth-order valence-electron chi connectivity index (χ4n) is 4.50. The molecule has 2 fully saturated rings. The molecule has 2 aliphatic heterocycles. The lowest BCUT2D eigenvalue weighted by Gasteiger charge is -2.33. The molecule has 0 radical (unpaired) electrons. The first-order valence-corrected chi connectivity index (χ1v) is 12.8. The monoisotopic (exact) mass is 520 g/mol. The summed E-state index contributed by atoms with van der Waals surface area (Å²) in [6.07, 6.45) is -4.68. The molecular weight excluding hydrogens is 500 g/mol. The summed E-state index contributed by atoms with van der Waals surface area (Å²) in [4.78, 5) is 14.1. The van der Waals surface area contributed by atoms with Crippen LogP contribution in [0.5, 0.6) is 0 Å². The van der Waals surface area contributed by atoms with Crippen molar-refractivity contribution in [2.75, 3.05) is 29.5 Å². The molecule has 0 bridgehead atoms. The standard InChI is InChI=1S/C22H21Cl2F3N2O3S/c1-13-6-18(2-3-19(13)20(30)28-17-10-33(31,32)11-17)29-5-4-21(12-29,22(25,26)27)14-7-15(23)9-16(24)8-14/h2-3,6-9,17H,4-5,10-12H2,1H3,(H,28,30)/t21-/m1/s1. The smallest absolute Gasteiger partial charge is 0.370 e. The summed E-state index contributed by atoms with van der Waals surface area (Å²) in [5.41, 5.74) is -0.595. The van der Waals surface area contributed by atoms with Gasteiger partial charge in [-0.15, -0.1) is 0 Å². The van der Waals surface area contributed by atoms with Crippen molar-refractivity contribution in [2.24, 2.45) is 0 Å². The highest BCUT2D eigenvalue weighted by molar-refractivity contribution is 7.92. The molecule has 2 heterocycles. The molecule has 0 unspecified atom stereocenters. The summed E-state index contributed by atoms with van der Waals surface area (Å²) in [6.45, 7) is 1.55. The van der Waals surface area contributed by atoms with E-state index in [1.165, 1.54) is 18.2 Å². The summed E-state index contributed by atoms with van der Waals surface area (Å²) >= 11 is 12.0. The second kappa shape index (κ2) is 8.36. The zero-order valence-electron chi connectivity index (χ0n) is 17.5. The molecule has 1 amide bonds. The summed E-state index contributed by atoms with van der Waals surface area (Å²) < 4.78 is 65.5. The van der Waals surface area contributed by atoms with Crippen molar-refractivity contribution in [1.82, 2.24) is 5.32 Å². The second-order valence-corrected chi connectivity index (χ2v) is 11.7. The van der Waals surface area contributed by atoms with Gasteiger partial charge in [-0.05, 0) is 60.9 Å². The Morgan fingerprint density at radius 2 is 1.76 bits per heavy atom. The SMILES string of the molecule is Cc1cc(N2CC[C@@](c3cc(Cl)cc(Cl)c3)(C(F)(F)F)C2)ccc1C(=O)NC1CS(=O)(=O)C1. The Hall–Kier alpha value is -1.97. The Kier molecular flexibility index (Phi) is 6.12. The molecule has 1 atom stereocenters. The summed E-state index contributed by atoms with van der Waals surface area (Å²) in [6, 6.07) is 8.43. The highest BCUT2D eigenvalue weighted by Crippen LogP contribution is 2.49. The first-order chi connectivity index (χ1) is 15.3.